The molecule has 0 radical (unpaired) electrons. The molecular weight excluding hydrogens is 364 g/mol. The van der Waals surface area contributed by atoms with Crippen molar-refractivity contribution in [1.29, 1.82) is 0 Å². The highest BCUT2D eigenvalue weighted by Gasteiger charge is 2.39. The fourth-order valence-electron chi connectivity index (χ4n) is 2.33. The third-order valence-corrected chi connectivity index (χ3v) is 3.46. The molecule has 28 heavy (non-hydrogen) atoms. The Bertz CT molecular complexity index is 767. The molecule has 0 aromatic heterocycles. The van der Waals surface area contributed by atoms with Crippen LogP contribution >= 0.6 is 0 Å². The van der Waals surface area contributed by atoms with Gasteiger partial charge < -0.3 is 20.1 Å². The summed E-state index contributed by atoms with van der Waals surface area (Å²) in [5.41, 5.74) is 0.851. The second kappa shape index (κ2) is 9.86. The van der Waals surface area contributed by atoms with Gasteiger partial charge in [0.05, 0.1) is 0 Å². The molecule has 2 rings (SSSR count). The topological polar surface area (TPSA) is 111 Å². The van der Waals surface area contributed by atoms with Crippen LogP contribution in [0.15, 0.2) is 60.7 Å². The minimum atomic E-state index is -1.68. The lowest BCUT2D eigenvalue weighted by atomic mass is 10.1. The zero-order chi connectivity index (χ0) is 20.5. The van der Waals surface area contributed by atoms with Crippen molar-refractivity contribution < 1.29 is 28.7 Å². The Morgan fingerprint density at radius 1 is 0.643 bits per heavy atom. The van der Waals surface area contributed by atoms with Crippen molar-refractivity contribution in [2.75, 3.05) is 10.6 Å². The Kier molecular flexibility index (Phi) is 7.27. The number of amides is 2. The molecule has 0 bridgehead atoms. The van der Waals surface area contributed by atoms with Crippen LogP contribution in [-0.4, -0.2) is 36.0 Å². The molecule has 146 valence electrons. The van der Waals surface area contributed by atoms with Gasteiger partial charge >= 0.3 is 11.9 Å². The average Bonchev–Trinajstić information content (AvgIpc) is 2.65. The number of hydrogen-bond acceptors (Lipinski definition) is 6. The van der Waals surface area contributed by atoms with E-state index in [0.717, 1.165) is 13.8 Å². The maximum atomic E-state index is 12.7. The fourth-order valence-corrected chi connectivity index (χ4v) is 2.33. The quantitative estimate of drug-likeness (QED) is 0.708. The van der Waals surface area contributed by atoms with E-state index in [2.05, 4.69) is 10.6 Å². The average molecular weight is 384 g/mol. The zero-order valence-electron chi connectivity index (χ0n) is 15.4. The molecule has 0 aliphatic rings. The highest BCUT2D eigenvalue weighted by Crippen LogP contribution is 2.14. The highest BCUT2D eigenvalue weighted by molar-refractivity contribution is 6.03. The summed E-state index contributed by atoms with van der Waals surface area (Å²) < 4.78 is 10.0. The number of esters is 2. The number of ether oxygens (including phenoxy) is 2. The number of anilines is 2. The zero-order valence-corrected chi connectivity index (χ0v) is 15.4. The molecule has 8 nitrogen and oxygen atoms in total. The largest absolute Gasteiger partial charge is 0.448 e. The lowest BCUT2D eigenvalue weighted by molar-refractivity contribution is -0.171. The molecule has 0 aliphatic carbocycles. The van der Waals surface area contributed by atoms with Crippen molar-refractivity contribution in [3.05, 3.63) is 60.7 Å². The lowest BCUT2D eigenvalue weighted by Gasteiger charge is -2.24. The minimum Gasteiger partial charge on any atom is -0.448 e. The van der Waals surface area contributed by atoms with Crippen molar-refractivity contribution in [3.63, 3.8) is 0 Å². The van der Waals surface area contributed by atoms with Crippen LogP contribution in [0.3, 0.4) is 0 Å². The summed E-state index contributed by atoms with van der Waals surface area (Å²) in [5.74, 6) is -3.23. The maximum Gasteiger partial charge on any atom is 0.303 e. The fraction of sp³-hybridized carbons (Fsp3) is 0.200. The van der Waals surface area contributed by atoms with Crippen LogP contribution in [0.1, 0.15) is 13.8 Å². The van der Waals surface area contributed by atoms with Crippen LogP contribution in [0.4, 0.5) is 11.4 Å². The van der Waals surface area contributed by atoms with Crippen LogP contribution < -0.4 is 10.6 Å². The van der Waals surface area contributed by atoms with Crippen LogP contribution in [0, 0.1) is 0 Å². The molecule has 2 N–H and O–H groups in total. The molecule has 0 fully saturated rings. The number of carbonyl (C=O) groups is 4. The predicted molar refractivity (Wildman–Crippen MR) is 101 cm³/mol. The molecule has 0 unspecified atom stereocenters. The lowest BCUT2D eigenvalue weighted by Crippen LogP contribution is -2.49. The summed E-state index contributed by atoms with van der Waals surface area (Å²) in [4.78, 5) is 48.4. The second-order valence-electron chi connectivity index (χ2n) is 5.77. The summed E-state index contributed by atoms with van der Waals surface area (Å²) in [6, 6.07) is 16.8. The first kappa shape index (κ1) is 20.6. The summed E-state index contributed by atoms with van der Waals surface area (Å²) in [6.07, 6.45) is -3.35. The van der Waals surface area contributed by atoms with Gasteiger partial charge in [0.1, 0.15) is 0 Å². The second-order valence-corrected chi connectivity index (χ2v) is 5.77. The molecule has 0 aliphatic heterocycles. The van der Waals surface area contributed by atoms with Crippen LogP contribution in [-0.2, 0) is 28.7 Å². The van der Waals surface area contributed by atoms with Gasteiger partial charge in [-0.2, -0.15) is 0 Å². The van der Waals surface area contributed by atoms with Gasteiger partial charge in [0, 0.05) is 25.2 Å². The SMILES string of the molecule is CC(=O)O[C@@H](C(=O)Nc1ccccc1)[C@@H](OC(C)=O)C(=O)Nc1ccccc1. The molecule has 0 heterocycles. The molecule has 2 aromatic carbocycles. The highest BCUT2D eigenvalue weighted by atomic mass is 16.6. The van der Waals surface area contributed by atoms with E-state index in [-0.39, 0.29) is 0 Å². The first-order chi connectivity index (χ1) is 13.4. The normalized spacial score (nSPS) is 12.2. The summed E-state index contributed by atoms with van der Waals surface area (Å²) in [7, 11) is 0. The van der Waals surface area contributed by atoms with E-state index in [4.69, 9.17) is 9.47 Å². The number of benzene rings is 2. The molecule has 0 spiro atoms. The van der Waals surface area contributed by atoms with Crippen molar-refractivity contribution >= 4 is 35.1 Å². The summed E-state index contributed by atoms with van der Waals surface area (Å²) in [5, 5.41) is 5.06. The van der Waals surface area contributed by atoms with Gasteiger partial charge in [-0.3, -0.25) is 19.2 Å². The van der Waals surface area contributed by atoms with E-state index in [0.29, 0.717) is 11.4 Å². The van der Waals surface area contributed by atoms with Gasteiger partial charge in [-0.05, 0) is 24.3 Å². The molecule has 2 amide bonds. The van der Waals surface area contributed by atoms with E-state index < -0.39 is 36.0 Å². The van der Waals surface area contributed by atoms with Crippen molar-refractivity contribution in [2.45, 2.75) is 26.1 Å². The van der Waals surface area contributed by atoms with Gasteiger partial charge in [0.2, 0.25) is 12.2 Å². The smallest absolute Gasteiger partial charge is 0.303 e. The number of rotatable bonds is 7. The van der Waals surface area contributed by atoms with E-state index >= 15 is 0 Å². The monoisotopic (exact) mass is 384 g/mol. The molecule has 0 saturated carbocycles. The first-order valence-corrected chi connectivity index (χ1v) is 8.43. The van der Waals surface area contributed by atoms with E-state index in [1.807, 2.05) is 0 Å². The van der Waals surface area contributed by atoms with Gasteiger partial charge in [0.25, 0.3) is 11.8 Å². The minimum absolute atomic E-state index is 0.426. The number of carbonyl (C=O) groups excluding carboxylic acids is 4. The first-order valence-electron chi connectivity index (χ1n) is 8.43. The Labute approximate surface area is 161 Å². The Balaban J connectivity index is 2.27. The van der Waals surface area contributed by atoms with Crippen LogP contribution in [0.5, 0.6) is 0 Å². The van der Waals surface area contributed by atoms with Crippen molar-refractivity contribution in [1.82, 2.24) is 0 Å². The number of nitrogens with one attached hydrogen (secondary N) is 2. The number of para-hydroxylation sites is 2. The standard InChI is InChI=1S/C20H20N2O6/c1-13(23)27-17(19(25)21-15-9-5-3-6-10-15)18(28-14(2)24)20(26)22-16-11-7-4-8-12-16/h3-12,17-18H,1-2H3,(H,21,25)(H,22,26)/t17-,18-/m1/s1. The van der Waals surface area contributed by atoms with Crippen molar-refractivity contribution in [3.8, 4) is 0 Å². The van der Waals surface area contributed by atoms with Crippen LogP contribution in [0.2, 0.25) is 0 Å². The van der Waals surface area contributed by atoms with E-state index in [9.17, 15) is 19.2 Å². The Morgan fingerprint density at radius 2 is 0.964 bits per heavy atom. The Morgan fingerprint density at radius 3 is 1.25 bits per heavy atom. The predicted octanol–water partition coefficient (Wildman–Crippen LogP) is 2.13. The molecule has 0 saturated heterocycles. The van der Waals surface area contributed by atoms with Gasteiger partial charge in [-0.1, -0.05) is 36.4 Å². The van der Waals surface area contributed by atoms with Gasteiger partial charge in [-0.15, -0.1) is 0 Å². The van der Waals surface area contributed by atoms with Gasteiger partial charge in [0.15, 0.2) is 0 Å². The van der Waals surface area contributed by atoms with Crippen LogP contribution in [0.25, 0.3) is 0 Å². The summed E-state index contributed by atoms with van der Waals surface area (Å²) in [6.45, 7) is 2.17. The number of hydrogen-bond donors (Lipinski definition) is 2. The molecule has 2 aromatic rings. The summed E-state index contributed by atoms with van der Waals surface area (Å²) >= 11 is 0. The van der Waals surface area contributed by atoms with Crippen molar-refractivity contribution in [2.24, 2.45) is 0 Å². The van der Waals surface area contributed by atoms with Gasteiger partial charge in [-0.25, -0.2) is 0 Å². The molecule has 2 atom stereocenters. The Hall–Kier alpha value is -3.68. The maximum absolute atomic E-state index is 12.7. The molecule has 8 heteroatoms. The van der Waals surface area contributed by atoms with E-state index in [1.54, 1.807) is 60.7 Å². The third-order valence-electron chi connectivity index (χ3n) is 3.46. The molecular formula is C20H20N2O6. The third kappa shape index (κ3) is 6.24. The van der Waals surface area contributed by atoms with E-state index in [1.165, 1.54) is 0 Å².